The maximum atomic E-state index is 12.0. The summed E-state index contributed by atoms with van der Waals surface area (Å²) in [5.41, 5.74) is 0.450. The van der Waals surface area contributed by atoms with Gasteiger partial charge in [0.05, 0.1) is 36.8 Å². The zero-order chi connectivity index (χ0) is 19.6. The van der Waals surface area contributed by atoms with Crippen LogP contribution in [0.25, 0.3) is 0 Å². The molecule has 0 aliphatic carbocycles. The summed E-state index contributed by atoms with van der Waals surface area (Å²) < 4.78 is 34.3. The first-order chi connectivity index (χ1) is 11.9. The van der Waals surface area contributed by atoms with Crippen LogP contribution >= 0.6 is 0 Å². The smallest absolute Gasteiger partial charge is 0.337 e. The molecule has 0 saturated carbocycles. The number of methoxy groups -OCH3 is 2. The normalized spacial score (nSPS) is 14.4. The molecule has 25 heavy (non-hydrogen) atoms. The Labute approximate surface area is 150 Å². The van der Waals surface area contributed by atoms with Gasteiger partial charge >= 0.3 is 11.9 Å². The molecule has 0 atom stereocenters. The highest BCUT2D eigenvalue weighted by atomic mass is 32.2. The summed E-state index contributed by atoms with van der Waals surface area (Å²) in [6, 6.07) is 4.09. The van der Waals surface area contributed by atoms with Crippen molar-refractivity contribution in [3.63, 3.8) is 0 Å². The van der Waals surface area contributed by atoms with Crippen LogP contribution < -0.4 is 4.31 Å². The van der Waals surface area contributed by atoms with E-state index in [0.717, 1.165) is 0 Å². The van der Waals surface area contributed by atoms with Crippen LogP contribution in [0.3, 0.4) is 0 Å². The van der Waals surface area contributed by atoms with Crippen molar-refractivity contribution >= 4 is 27.6 Å². The van der Waals surface area contributed by atoms with Gasteiger partial charge in [-0.1, -0.05) is 27.7 Å². The van der Waals surface area contributed by atoms with Gasteiger partial charge in [0.25, 0.3) is 0 Å². The van der Waals surface area contributed by atoms with Gasteiger partial charge in [-0.15, -0.1) is 0 Å². The molecule has 0 amide bonds. The molecule has 1 aromatic carbocycles. The number of rotatable bonds is 3. The molecular weight excluding hydrogens is 346 g/mol. The monoisotopic (exact) mass is 373 g/mol. The Bertz CT molecular complexity index is 650. The Kier molecular flexibility index (Phi) is 9.81. The number of esters is 2. The third-order valence-corrected chi connectivity index (χ3v) is 5.02. The van der Waals surface area contributed by atoms with Gasteiger partial charge < -0.3 is 9.47 Å². The second-order valence-electron chi connectivity index (χ2n) is 4.49. The number of anilines is 1. The fraction of sp³-hybridized carbons (Fsp3) is 0.529. The summed E-state index contributed by atoms with van der Waals surface area (Å²) in [5, 5.41) is 0. The minimum Gasteiger partial charge on any atom is -0.465 e. The van der Waals surface area contributed by atoms with Gasteiger partial charge in [-0.3, -0.25) is 4.31 Å². The molecule has 142 valence electrons. The summed E-state index contributed by atoms with van der Waals surface area (Å²) in [4.78, 5) is 23.3. The van der Waals surface area contributed by atoms with E-state index < -0.39 is 22.0 Å². The minimum absolute atomic E-state index is 0.0447. The molecule has 0 bridgehead atoms. The molecule has 1 heterocycles. The maximum absolute atomic E-state index is 12.0. The van der Waals surface area contributed by atoms with Crippen molar-refractivity contribution < 1.29 is 27.5 Å². The van der Waals surface area contributed by atoms with E-state index in [1.165, 1.54) is 36.7 Å². The van der Waals surface area contributed by atoms with Gasteiger partial charge in [0, 0.05) is 6.54 Å². The van der Waals surface area contributed by atoms with Gasteiger partial charge in [-0.25, -0.2) is 18.0 Å². The van der Waals surface area contributed by atoms with Crippen LogP contribution in [0.2, 0.25) is 0 Å². The van der Waals surface area contributed by atoms with Crippen molar-refractivity contribution in [1.29, 1.82) is 0 Å². The van der Waals surface area contributed by atoms with Crippen molar-refractivity contribution in [1.82, 2.24) is 0 Å². The first kappa shape index (κ1) is 22.9. The van der Waals surface area contributed by atoms with E-state index in [9.17, 15) is 18.0 Å². The SMILES string of the molecule is CC.CC.COC(=O)c1cc(C(=O)OC)cc(N2CCCS2(=O)=O)c1. The van der Waals surface area contributed by atoms with Crippen molar-refractivity contribution in [2.75, 3.05) is 30.8 Å². The third kappa shape index (κ3) is 5.74. The molecule has 0 spiro atoms. The Balaban J connectivity index is 0.00000134. The standard InChI is InChI=1S/C13H15NO6S.2C2H6/c1-19-12(15)9-6-10(13(16)20-2)8-11(7-9)14-4-3-5-21(14,17)18;2*1-2/h6-8H,3-5H2,1-2H3;2*1-2H3. The molecule has 2 rings (SSSR count). The van der Waals surface area contributed by atoms with E-state index in [1.807, 2.05) is 27.7 Å². The summed E-state index contributed by atoms with van der Waals surface area (Å²) in [6.45, 7) is 8.31. The molecular formula is C17H27NO6S. The van der Waals surface area contributed by atoms with E-state index in [0.29, 0.717) is 13.0 Å². The van der Waals surface area contributed by atoms with Crippen LogP contribution in [0.4, 0.5) is 5.69 Å². The van der Waals surface area contributed by atoms with Crippen molar-refractivity contribution in [3.8, 4) is 0 Å². The molecule has 8 heteroatoms. The van der Waals surface area contributed by atoms with Crippen LogP contribution in [0.15, 0.2) is 18.2 Å². The largest absolute Gasteiger partial charge is 0.465 e. The fourth-order valence-electron chi connectivity index (χ4n) is 2.16. The summed E-state index contributed by atoms with van der Waals surface area (Å²) in [5.74, 6) is -1.26. The van der Waals surface area contributed by atoms with Crippen molar-refractivity contribution in [2.24, 2.45) is 0 Å². The van der Waals surface area contributed by atoms with E-state index >= 15 is 0 Å². The van der Waals surface area contributed by atoms with Gasteiger partial charge in [0.2, 0.25) is 10.0 Å². The summed E-state index contributed by atoms with van der Waals surface area (Å²) in [7, 11) is -0.994. The number of benzene rings is 1. The lowest BCUT2D eigenvalue weighted by Gasteiger charge is -2.18. The summed E-state index contributed by atoms with van der Waals surface area (Å²) in [6.07, 6.45) is 0.498. The van der Waals surface area contributed by atoms with Crippen LogP contribution in [0.5, 0.6) is 0 Å². The van der Waals surface area contributed by atoms with Crippen LogP contribution in [0, 0.1) is 0 Å². The second-order valence-corrected chi connectivity index (χ2v) is 6.51. The first-order valence-corrected chi connectivity index (χ1v) is 9.82. The topological polar surface area (TPSA) is 90.0 Å². The number of hydrogen-bond acceptors (Lipinski definition) is 6. The Morgan fingerprint density at radius 2 is 1.36 bits per heavy atom. The first-order valence-electron chi connectivity index (χ1n) is 8.21. The molecule has 0 aromatic heterocycles. The molecule has 1 saturated heterocycles. The lowest BCUT2D eigenvalue weighted by Crippen LogP contribution is -2.25. The highest BCUT2D eigenvalue weighted by molar-refractivity contribution is 7.93. The van der Waals surface area contributed by atoms with E-state index in [-0.39, 0.29) is 22.6 Å². The lowest BCUT2D eigenvalue weighted by molar-refractivity contribution is 0.0599. The number of carbonyl (C=O) groups is 2. The molecule has 1 aliphatic rings. The summed E-state index contributed by atoms with van der Waals surface area (Å²) >= 11 is 0. The Morgan fingerprint density at radius 1 is 0.920 bits per heavy atom. The zero-order valence-corrected chi connectivity index (χ0v) is 16.5. The van der Waals surface area contributed by atoms with Gasteiger partial charge in [0.1, 0.15) is 0 Å². The molecule has 0 unspecified atom stereocenters. The van der Waals surface area contributed by atoms with E-state index in [2.05, 4.69) is 9.47 Å². The number of ether oxygens (including phenoxy) is 2. The minimum atomic E-state index is -3.41. The molecule has 0 N–H and O–H groups in total. The molecule has 7 nitrogen and oxygen atoms in total. The van der Waals surface area contributed by atoms with Gasteiger partial charge in [-0.05, 0) is 24.6 Å². The highest BCUT2D eigenvalue weighted by Crippen LogP contribution is 2.27. The number of carbonyl (C=O) groups excluding carboxylic acids is 2. The third-order valence-electron chi connectivity index (χ3n) is 3.15. The number of nitrogens with zero attached hydrogens (tertiary/aromatic N) is 1. The maximum Gasteiger partial charge on any atom is 0.337 e. The van der Waals surface area contributed by atoms with Crippen LogP contribution in [-0.4, -0.2) is 46.9 Å². The lowest BCUT2D eigenvalue weighted by atomic mass is 10.1. The average molecular weight is 373 g/mol. The van der Waals surface area contributed by atoms with Crippen molar-refractivity contribution in [2.45, 2.75) is 34.1 Å². The van der Waals surface area contributed by atoms with E-state index in [1.54, 1.807) is 0 Å². The second kappa shape index (κ2) is 10.7. The number of hydrogen-bond donors (Lipinski definition) is 0. The van der Waals surface area contributed by atoms with Crippen molar-refractivity contribution in [3.05, 3.63) is 29.3 Å². The molecule has 1 fully saturated rings. The molecule has 0 radical (unpaired) electrons. The molecule has 1 aliphatic heterocycles. The quantitative estimate of drug-likeness (QED) is 0.757. The fourth-order valence-corrected chi connectivity index (χ4v) is 3.70. The van der Waals surface area contributed by atoms with E-state index in [4.69, 9.17) is 0 Å². The highest BCUT2D eigenvalue weighted by Gasteiger charge is 2.29. The predicted molar refractivity (Wildman–Crippen MR) is 97.6 cm³/mol. The van der Waals surface area contributed by atoms with Gasteiger partial charge in [0.15, 0.2) is 0 Å². The zero-order valence-electron chi connectivity index (χ0n) is 15.7. The van der Waals surface area contributed by atoms with Crippen LogP contribution in [-0.2, 0) is 19.5 Å². The predicted octanol–water partition coefficient (Wildman–Crippen LogP) is 2.85. The Morgan fingerprint density at radius 3 is 1.68 bits per heavy atom. The average Bonchev–Trinajstić information content (AvgIpc) is 3.02. The molecule has 1 aromatic rings. The Hall–Kier alpha value is -2.09. The van der Waals surface area contributed by atoms with Crippen LogP contribution in [0.1, 0.15) is 54.8 Å². The van der Waals surface area contributed by atoms with Gasteiger partial charge in [-0.2, -0.15) is 0 Å². The number of sulfonamides is 1.